The smallest absolute Gasteiger partial charge is 0.251 e. The molecule has 0 spiro atoms. The lowest BCUT2D eigenvalue weighted by molar-refractivity contribution is 0.0953. The summed E-state index contributed by atoms with van der Waals surface area (Å²) >= 11 is 0. The second kappa shape index (κ2) is 17.6. The van der Waals surface area contributed by atoms with Crippen LogP contribution in [0.2, 0.25) is 0 Å². The van der Waals surface area contributed by atoms with E-state index in [1.807, 2.05) is 12.1 Å². The van der Waals surface area contributed by atoms with E-state index < -0.39 is 11.6 Å². The third kappa shape index (κ3) is 12.8. The minimum absolute atomic E-state index is 0.0193. The highest BCUT2D eigenvalue weighted by Crippen LogP contribution is 2.15. The van der Waals surface area contributed by atoms with Crippen molar-refractivity contribution in [2.45, 2.75) is 72.9 Å². The zero-order chi connectivity index (χ0) is 29.5. The molecular formula is C34H47F2N3O. The van der Waals surface area contributed by atoms with Crippen molar-refractivity contribution in [3.63, 3.8) is 0 Å². The SMILES string of the molecule is CCCCN(C)Cc1cc(C)cc(C(=O)NCCCNCc2cccc(C(C)C)c2)c1.Cc1cc(F)cc(F)c1. The highest BCUT2D eigenvalue weighted by molar-refractivity contribution is 5.94. The maximum Gasteiger partial charge on any atom is 0.251 e. The van der Waals surface area contributed by atoms with Crippen LogP contribution in [0.4, 0.5) is 8.78 Å². The van der Waals surface area contributed by atoms with Crippen molar-refractivity contribution in [2.75, 3.05) is 26.7 Å². The molecule has 0 saturated heterocycles. The van der Waals surface area contributed by atoms with E-state index in [9.17, 15) is 13.6 Å². The Balaban J connectivity index is 0.000000526. The molecule has 3 aromatic rings. The number of unbranched alkanes of at least 4 members (excludes halogenated alkanes) is 1. The Morgan fingerprint density at radius 1 is 0.875 bits per heavy atom. The topological polar surface area (TPSA) is 44.4 Å². The van der Waals surface area contributed by atoms with Crippen molar-refractivity contribution in [1.82, 2.24) is 15.5 Å². The summed E-state index contributed by atoms with van der Waals surface area (Å²) in [5.41, 5.74) is 6.39. The number of amides is 1. The molecule has 3 rings (SSSR count). The normalized spacial score (nSPS) is 10.9. The minimum atomic E-state index is -0.521. The number of hydrogen-bond acceptors (Lipinski definition) is 3. The molecule has 0 radical (unpaired) electrons. The number of benzene rings is 3. The van der Waals surface area contributed by atoms with E-state index in [4.69, 9.17) is 0 Å². The molecule has 218 valence electrons. The van der Waals surface area contributed by atoms with Gasteiger partial charge in [-0.05, 0) is 99.3 Å². The summed E-state index contributed by atoms with van der Waals surface area (Å²) in [7, 11) is 2.14. The number of nitrogens with one attached hydrogen (secondary N) is 2. The quantitative estimate of drug-likeness (QED) is 0.216. The molecule has 3 aromatic carbocycles. The maximum absolute atomic E-state index is 12.6. The molecule has 0 bridgehead atoms. The number of rotatable bonds is 13. The van der Waals surface area contributed by atoms with E-state index in [2.05, 4.69) is 80.6 Å². The molecule has 0 saturated carbocycles. The molecule has 2 N–H and O–H groups in total. The zero-order valence-corrected chi connectivity index (χ0v) is 25.1. The Labute approximate surface area is 240 Å². The third-order valence-electron chi connectivity index (χ3n) is 6.51. The highest BCUT2D eigenvalue weighted by atomic mass is 19.1. The molecule has 0 aliphatic heterocycles. The Hall–Kier alpha value is -3.09. The van der Waals surface area contributed by atoms with E-state index >= 15 is 0 Å². The molecule has 40 heavy (non-hydrogen) atoms. The lowest BCUT2D eigenvalue weighted by Crippen LogP contribution is -2.27. The van der Waals surface area contributed by atoms with Crippen LogP contribution >= 0.6 is 0 Å². The van der Waals surface area contributed by atoms with E-state index in [1.165, 1.54) is 41.7 Å². The van der Waals surface area contributed by atoms with E-state index in [-0.39, 0.29) is 5.91 Å². The fourth-order valence-electron chi connectivity index (χ4n) is 4.41. The van der Waals surface area contributed by atoms with Gasteiger partial charge < -0.3 is 15.5 Å². The summed E-state index contributed by atoms with van der Waals surface area (Å²) in [6.07, 6.45) is 3.31. The van der Waals surface area contributed by atoms with Gasteiger partial charge in [-0.25, -0.2) is 8.78 Å². The molecule has 4 nitrogen and oxygen atoms in total. The number of carbonyl (C=O) groups is 1. The van der Waals surface area contributed by atoms with E-state index in [1.54, 1.807) is 6.92 Å². The first-order valence-electron chi connectivity index (χ1n) is 14.4. The van der Waals surface area contributed by atoms with Crippen molar-refractivity contribution >= 4 is 5.91 Å². The Morgan fingerprint density at radius 3 is 2.23 bits per heavy atom. The van der Waals surface area contributed by atoms with Crippen LogP contribution in [0.3, 0.4) is 0 Å². The first-order chi connectivity index (χ1) is 19.1. The second-order valence-electron chi connectivity index (χ2n) is 10.9. The second-order valence-corrected chi connectivity index (χ2v) is 10.9. The average Bonchev–Trinajstić information content (AvgIpc) is 2.88. The van der Waals surface area contributed by atoms with E-state index in [0.717, 1.165) is 49.8 Å². The van der Waals surface area contributed by atoms with Gasteiger partial charge in [0.05, 0.1) is 0 Å². The molecule has 0 atom stereocenters. The van der Waals surface area contributed by atoms with Crippen LogP contribution in [-0.2, 0) is 13.1 Å². The van der Waals surface area contributed by atoms with Crippen LogP contribution in [0.15, 0.2) is 60.7 Å². The third-order valence-corrected chi connectivity index (χ3v) is 6.51. The van der Waals surface area contributed by atoms with Gasteiger partial charge in [0.2, 0.25) is 0 Å². The van der Waals surface area contributed by atoms with Gasteiger partial charge in [-0.2, -0.15) is 0 Å². The number of hydrogen-bond donors (Lipinski definition) is 2. The Bertz CT molecular complexity index is 1150. The Kier molecular flexibility index (Phi) is 14.5. The maximum atomic E-state index is 12.6. The van der Waals surface area contributed by atoms with Crippen molar-refractivity contribution in [3.05, 3.63) is 106 Å². The summed E-state index contributed by atoms with van der Waals surface area (Å²) in [4.78, 5) is 14.9. The first kappa shape index (κ1) is 33.1. The molecule has 0 aliphatic rings. The average molecular weight is 552 g/mol. The fraction of sp³-hybridized carbons (Fsp3) is 0.441. The van der Waals surface area contributed by atoms with Crippen molar-refractivity contribution in [3.8, 4) is 0 Å². The van der Waals surface area contributed by atoms with Gasteiger partial charge in [-0.1, -0.05) is 63.1 Å². The molecular weight excluding hydrogens is 504 g/mol. The van der Waals surface area contributed by atoms with E-state index in [0.29, 0.717) is 18.0 Å². The summed E-state index contributed by atoms with van der Waals surface area (Å²) in [6.45, 7) is 14.7. The van der Waals surface area contributed by atoms with Crippen LogP contribution < -0.4 is 10.6 Å². The molecule has 0 heterocycles. The predicted octanol–water partition coefficient (Wildman–Crippen LogP) is 7.53. The molecule has 1 amide bonds. The standard InChI is InChI=1S/C27H41N3O.C7H6F2/c1-6-7-14-30(5)20-24-15-22(4)16-26(18-24)27(31)29-13-9-12-28-19-23-10-8-11-25(17-23)21(2)3;1-5-2-6(8)4-7(9)3-5/h8,10-11,15-18,21,28H,6-7,9,12-14,19-20H2,1-5H3,(H,29,31);2-4H,1H3. The van der Waals surface area contributed by atoms with Gasteiger partial charge in [0.15, 0.2) is 0 Å². The molecule has 0 aliphatic carbocycles. The summed E-state index contributed by atoms with van der Waals surface area (Å²) < 4.78 is 24.4. The Morgan fingerprint density at radius 2 is 1.57 bits per heavy atom. The van der Waals surface area contributed by atoms with Gasteiger partial charge in [0, 0.05) is 31.3 Å². The predicted molar refractivity (Wildman–Crippen MR) is 163 cm³/mol. The summed E-state index contributed by atoms with van der Waals surface area (Å²) in [5, 5.41) is 6.55. The van der Waals surface area contributed by atoms with Gasteiger partial charge in [0.25, 0.3) is 5.91 Å². The van der Waals surface area contributed by atoms with Gasteiger partial charge >= 0.3 is 0 Å². The highest BCUT2D eigenvalue weighted by Gasteiger charge is 2.09. The largest absolute Gasteiger partial charge is 0.352 e. The number of nitrogens with zero attached hydrogens (tertiary/aromatic N) is 1. The van der Waals surface area contributed by atoms with Crippen molar-refractivity contribution < 1.29 is 13.6 Å². The minimum Gasteiger partial charge on any atom is -0.352 e. The van der Waals surface area contributed by atoms with Crippen molar-refractivity contribution in [1.29, 1.82) is 0 Å². The van der Waals surface area contributed by atoms with Crippen molar-refractivity contribution in [2.24, 2.45) is 0 Å². The van der Waals surface area contributed by atoms with Crippen LogP contribution in [0.1, 0.15) is 84.1 Å². The van der Waals surface area contributed by atoms with Crippen LogP contribution in [0.5, 0.6) is 0 Å². The number of carbonyl (C=O) groups excluding carboxylic acids is 1. The van der Waals surface area contributed by atoms with Crippen LogP contribution in [-0.4, -0.2) is 37.5 Å². The van der Waals surface area contributed by atoms with Gasteiger partial charge in [0.1, 0.15) is 11.6 Å². The van der Waals surface area contributed by atoms with Gasteiger partial charge in [-0.15, -0.1) is 0 Å². The zero-order valence-electron chi connectivity index (χ0n) is 25.1. The molecule has 0 aromatic heterocycles. The molecule has 0 unspecified atom stereocenters. The van der Waals surface area contributed by atoms with Crippen LogP contribution in [0.25, 0.3) is 0 Å². The first-order valence-corrected chi connectivity index (χ1v) is 14.4. The van der Waals surface area contributed by atoms with Gasteiger partial charge in [-0.3, -0.25) is 4.79 Å². The molecule has 6 heteroatoms. The lowest BCUT2D eigenvalue weighted by atomic mass is 10.0. The fourth-order valence-corrected chi connectivity index (χ4v) is 4.41. The number of aryl methyl sites for hydroxylation is 2. The lowest BCUT2D eigenvalue weighted by Gasteiger charge is -2.17. The van der Waals surface area contributed by atoms with Crippen LogP contribution in [0, 0.1) is 25.5 Å². The summed E-state index contributed by atoms with van der Waals surface area (Å²) in [6, 6.07) is 18.4. The number of halogens is 2. The monoisotopic (exact) mass is 551 g/mol. The molecule has 0 fully saturated rings. The summed E-state index contributed by atoms with van der Waals surface area (Å²) in [5.74, 6) is -0.472.